The van der Waals surface area contributed by atoms with Crippen molar-refractivity contribution in [2.45, 2.75) is 18.2 Å². The van der Waals surface area contributed by atoms with E-state index in [1.807, 2.05) is 6.92 Å². The summed E-state index contributed by atoms with van der Waals surface area (Å²) in [6.45, 7) is 2.09. The Labute approximate surface area is 139 Å². The highest BCUT2D eigenvalue weighted by molar-refractivity contribution is 7.92. The van der Waals surface area contributed by atoms with Crippen molar-refractivity contribution >= 4 is 21.5 Å². The Morgan fingerprint density at radius 3 is 2.67 bits per heavy atom. The van der Waals surface area contributed by atoms with Crippen molar-refractivity contribution in [2.24, 2.45) is 0 Å². The third kappa shape index (κ3) is 2.24. The van der Waals surface area contributed by atoms with E-state index in [1.165, 1.54) is 16.4 Å². The fourth-order valence-electron chi connectivity index (χ4n) is 2.96. The Kier molecular flexibility index (Phi) is 3.28. The van der Waals surface area contributed by atoms with Crippen LogP contribution in [-0.4, -0.2) is 27.5 Å². The summed E-state index contributed by atoms with van der Waals surface area (Å²) >= 11 is 0. The monoisotopic (exact) mass is 345 g/mol. The molecule has 124 valence electrons. The molecule has 0 aliphatic carbocycles. The first kappa shape index (κ1) is 15.0. The van der Waals surface area contributed by atoms with Crippen molar-refractivity contribution in [1.29, 1.82) is 0 Å². The maximum Gasteiger partial charge on any atom is 0.264 e. The van der Waals surface area contributed by atoms with Crippen LogP contribution in [-0.2, 0) is 10.0 Å². The van der Waals surface area contributed by atoms with Gasteiger partial charge in [-0.05, 0) is 31.2 Å². The van der Waals surface area contributed by atoms with Gasteiger partial charge in [0, 0.05) is 24.6 Å². The molecule has 0 saturated heterocycles. The van der Waals surface area contributed by atoms with Crippen molar-refractivity contribution in [1.82, 2.24) is 0 Å². The maximum atomic E-state index is 13.1. The minimum atomic E-state index is -3.79. The molecule has 2 aromatic carbocycles. The molecule has 0 amide bonds. The average Bonchev–Trinajstić information content (AvgIpc) is 3.03. The Hall–Kier alpha value is -2.54. The van der Waals surface area contributed by atoms with E-state index in [4.69, 9.17) is 9.47 Å². The van der Waals surface area contributed by atoms with Gasteiger partial charge in [0.15, 0.2) is 17.3 Å². The number of carbonyl (C=O) groups excluding carboxylic acids is 1. The number of hydrogen-bond acceptors (Lipinski definition) is 5. The number of benzene rings is 2. The fourth-order valence-corrected chi connectivity index (χ4v) is 4.46. The smallest absolute Gasteiger partial charge is 0.264 e. The predicted molar refractivity (Wildman–Crippen MR) is 87.2 cm³/mol. The number of sulfonamides is 1. The highest BCUT2D eigenvalue weighted by Gasteiger charge is 2.33. The molecule has 2 heterocycles. The van der Waals surface area contributed by atoms with Gasteiger partial charge in [-0.2, -0.15) is 0 Å². The molecule has 6 nitrogen and oxygen atoms in total. The number of hydrogen-bond donors (Lipinski definition) is 0. The van der Waals surface area contributed by atoms with Crippen LogP contribution in [0.2, 0.25) is 0 Å². The highest BCUT2D eigenvalue weighted by Crippen LogP contribution is 2.37. The van der Waals surface area contributed by atoms with Gasteiger partial charge in [-0.1, -0.05) is 11.6 Å². The molecule has 2 aliphatic heterocycles. The molecule has 2 aromatic rings. The fraction of sp³-hybridized carbons (Fsp3) is 0.235. The molecule has 0 aromatic heterocycles. The van der Waals surface area contributed by atoms with Crippen LogP contribution in [0, 0.1) is 6.92 Å². The van der Waals surface area contributed by atoms with E-state index < -0.39 is 10.0 Å². The van der Waals surface area contributed by atoms with Gasteiger partial charge in [0.25, 0.3) is 10.0 Å². The summed E-state index contributed by atoms with van der Waals surface area (Å²) in [6, 6.07) is 9.76. The topological polar surface area (TPSA) is 72.9 Å². The zero-order chi connectivity index (χ0) is 16.9. The molecule has 0 atom stereocenters. The second kappa shape index (κ2) is 5.24. The van der Waals surface area contributed by atoms with E-state index in [0.717, 1.165) is 5.56 Å². The largest absolute Gasteiger partial charge is 0.454 e. The molecule has 0 bridgehead atoms. The van der Waals surface area contributed by atoms with Gasteiger partial charge in [-0.3, -0.25) is 9.10 Å². The van der Waals surface area contributed by atoms with Gasteiger partial charge < -0.3 is 9.47 Å². The summed E-state index contributed by atoms with van der Waals surface area (Å²) in [5.41, 5.74) is 1.80. The minimum absolute atomic E-state index is 0.0363. The summed E-state index contributed by atoms with van der Waals surface area (Å²) in [5, 5.41) is 0. The Bertz CT molecular complexity index is 951. The molecule has 0 fully saturated rings. The quantitative estimate of drug-likeness (QED) is 0.836. The van der Waals surface area contributed by atoms with Gasteiger partial charge in [0.1, 0.15) is 0 Å². The van der Waals surface area contributed by atoms with Gasteiger partial charge in [0.05, 0.1) is 10.6 Å². The lowest BCUT2D eigenvalue weighted by Gasteiger charge is -2.30. The van der Waals surface area contributed by atoms with Crippen LogP contribution in [0.4, 0.5) is 5.69 Å². The van der Waals surface area contributed by atoms with Crippen molar-refractivity contribution in [3.63, 3.8) is 0 Å². The summed E-state index contributed by atoms with van der Waals surface area (Å²) in [6.07, 6.45) is 0.167. The Morgan fingerprint density at radius 2 is 1.83 bits per heavy atom. The number of anilines is 1. The summed E-state index contributed by atoms with van der Waals surface area (Å²) in [5.74, 6) is 0.901. The van der Waals surface area contributed by atoms with E-state index >= 15 is 0 Å². The molecule has 2 aliphatic rings. The normalized spacial score (nSPS) is 16.2. The van der Waals surface area contributed by atoms with Crippen LogP contribution in [0.15, 0.2) is 41.3 Å². The van der Waals surface area contributed by atoms with Crippen molar-refractivity contribution in [3.05, 3.63) is 47.5 Å². The molecular formula is C17H15NO5S. The second-order valence-electron chi connectivity index (χ2n) is 5.79. The van der Waals surface area contributed by atoms with E-state index in [-0.39, 0.29) is 30.4 Å². The minimum Gasteiger partial charge on any atom is -0.454 e. The molecule has 4 rings (SSSR count). The van der Waals surface area contributed by atoms with Crippen molar-refractivity contribution in [3.8, 4) is 11.5 Å². The number of aryl methyl sites for hydroxylation is 1. The molecular weight excluding hydrogens is 330 g/mol. The summed E-state index contributed by atoms with van der Waals surface area (Å²) < 4.78 is 37.9. The van der Waals surface area contributed by atoms with E-state index in [0.29, 0.717) is 22.7 Å². The van der Waals surface area contributed by atoms with E-state index in [9.17, 15) is 13.2 Å². The Balaban J connectivity index is 1.81. The number of Topliss-reactive ketones (excluding diaryl/α,β-unsaturated/α-hetero) is 1. The lowest BCUT2D eigenvalue weighted by Crippen LogP contribution is -2.37. The van der Waals surface area contributed by atoms with E-state index in [1.54, 1.807) is 24.3 Å². The number of ketones is 1. The second-order valence-corrected chi connectivity index (χ2v) is 7.65. The average molecular weight is 345 g/mol. The van der Waals surface area contributed by atoms with Crippen molar-refractivity contribution in [2.75, 3.05) is 17.6 Å². The van der Waals surface area contributed by atoms with Crippen molar-refractivity contribution < 1.29 is 22.7 Å². The van der Waals surface area contributed by atoms with Gasteiger partial charge in [-0.15, -0.1) is 0 Å². The zero-order valence-corrected chi connectivity index (χ0v) is 13.8. The predicted octanol–water partition coefficient (Wildman–Crippen LogP) is 2.51. The lowest BCUT2D eigenvalue weighted by molar-refractivity contribution is 0.0982. The number of fused-ring (bicyclic) bond motifs is 2. The molecule has 0 spiro atoms. The number of nitrogens with zero attached hydrogens (tertiary/aromatic N) is 1. The maximum absolute atomic E-state index is 13.1. The van der Waals surface area contributed by atoms with Gasteiger partial charge in [0.2, 0.25) is 6.79 Å². The van der Waals surface area contributed by atoms with Gasteiger partial charge >= 0.3 is 0 Å². The molecule has 0 saturated carbocycles. The third-order valence-corrected chi connectivity index (χ3v) is 6.00. The molecule has 24 heavy (non-hydrogen) atoms. The van der Waals surface area contributed by atoms with Crippen LogP contribution >= 0.6 is 0 Å². The first-order valence-corrected chi connectivity index (χ1v) is 8.97. The zero-order valence-electron chi connectivity index (χ0n) is 13.0. The first-order chi connectivity index (χ1) is 11.5. The van der Waals surface area contributed by atoms with Crippen LogP contribution < -0.4 is 13.8 Å². The van der Waals surface area contributed by atoms with Gasteiger partial charge in [-0.25, -0.2) is 8.42 Å². The standard InChI is InChI=1S/C17H15NO5S/c1-11-2-4-14-13(8-11)15(19)6-7-18(14)24(20,21)12-3-5-16-17(9-12)23-10-22-16/h2-5,8-9H,6-7,10H2,1H3. The molecule has 0 radical (unpaired) electrons. The number of rotatable bonds is 2. The number of ether oxygens (including phenoxy) is 2. The van der Waals surface area contributed by atoms with Crippen LogP contribution in [0.3, 0.4) is 0 Å². The highest BCUT2D eigenvalue weighted by atomic mass is 32.2. The lowest BCUT2D eigenvalue weighted by atomic mass is 10.0. The van der Waals surface area contributed by atoms with Crippen LogP contribution in [0.1, 0.15) is 22.3 Å². The summed E-state index contributed by atoms with van der Waals surface area (Å²) in [7, 11) is -3.79. The first-order valence-electron chi connectivity index (χ1n) is 7.53. The molecule has 7 heteroatoms. The van der Waals surface area contributed by atoms with E-state index in [2.05, 4.69) is 0 Å². The third-order valence-electron chi connectivity index (χ3n) is 4.20. The van der Waals surface area contributed by atoms with Crippen LogP contribution in [0.5, 0.6) is 11.5 Å². The number of carbonyl (C=O) groups is 1. The SMILES string of the molecule is Cc1ccc2c(c1)C(=O)CCN2S(=O)(=O)c1ccc2c(c1)OCO2. The molecule has 0 unspecified atom stereocenters. The Morgan fingerprint density at radius 1 is 1.04 bits per heavy atom. The molecule has 0 N–H and O–H groups in total. The summed E-state index contributed by atoms with van der Waals surface area (Å²) in [4.78, 5) is 12.3. The van der Waals surface area contributed by atoms with Crippen LogP contribution in [0.25, 0.3) is 0 Å².